The summed E-state index contributed by atoms with van der Waals surface area (Å²) in [5.74, 6) is 1.14. The first-order valence-electron chi connectivity index (χ1n) is 7.83. The molecular formula is C17H24N2S2. The number of benzene rings is 1. The van der Waals surface area contributed by atoms with E-state index in [0.29, 0.717) is 10.8 Å². The summed E-state index contributed by atoms with van der Waals surface area (Å²) in [4.78, 5) is 4.89. The third kappa shape index (κ3) is 3.98. The molecule has 0 spiro atoms. The SMILES string of the molecule is CSC1(CN=C2NC(Cc3ccccc3)CS2)CCCC1. The Balaban J connectivity index is 1.53. The molecule has 1 heterocycles. The molecule has 2 fully saturated rings. The van der Waals surface area contributed by atoms with E-state index in [2.05, 4.69) is 41.9 Å². The van der Waals surface area contributed by atoms with Crippen molar-refractivity contribution in [3.8, 4) is 0 Å². The van der Waals surface area contributed by atoms with Crippen molar-refractivity contribution in [3.05, 3.63) is 35.9 Å². The van der Waals surface area contributed by atoms with Gasteiger partial charge in [0.2, 0.25) is 0 Å². The number of aliphatic imine (C=N–C) groups is 1. The summed E-state index contributed by atoms with van der Waals surface area (Å²) < 4.78 is 0.423. The number of hydrogen-bond acceptors (Lipinski definition) is 3. The zero-order valence-electron chi connectivity index (χ0n) is 12.7. The molecule has 3 rings (SSSR count). The van der Waals surface area contributed by atoms with Crippen LogP contribution in [0.15, 0.2) is 35.3 Å². The Kier molecular flexibility index (Phi) is 5.17. The molecule has 21 heavy (non-hydrogen) atoms. The number of nitrogens with zero attached hydrogens (tertiary/aromatic N) is 1. The lowest BCUT2D eigenvalue weighted by Gasteiger charge is -2.24. The zero-order valence-corrected chi connectivity index (χ0v) is 14.3. The van der Waals surface area contributed by atoms with Gasteiger partial charge < -0.3 is 5.32 Å². The molecule has 0 radical (unpaired) electrons. The van der Waals surface area contributed by atoms with Crippen molar-refractivity contribution in [2.75, 3.05) is 18.6 Å². The van der Waals surface area contributed by atoms with Gasteiger partial charge in [-0.2, -0.15) is 11.8 Å². The summed E-state index contributed by atoms with van der Waals surface area (Å²) in [6.07, 6.45) is 8.78. The van der Waals surface area contributed by atoms with Crippen LogP contribution < -0.4 is 5.32 Å². The molecule has 1 aromatic carbocycles. The molecule has 1 N–H and O–H groups in total. The van der Waals surface area contributed by atoms with Gasteiger partial charge in [0.1, 0.15) is 0 Å². The number of rotatable bonds is 5. The van der Waals surface area contributed by atoms with Crippen LogP contribution in [-0.4, -0.2) is 34.5 Å². The molecule has 1 saturated heterocycles. The van der Waals surface area contributed by atoms with E-state index in [-0.39, 0.29) is 0 Å². The maximum atomic E-state index is 4.89. The molecule has 1 saturated carbocycles. The van der Waals surface area contributed by atoms with E-state index < -0.39 is 0 Å². The van der Waals surface area contributed by atoms with Crippen LogP contribution >= 0.6 is 23.5 Å². The van der Waals surface area contributed by atoms with Crippen molar-refractivity contribution in [1.29, 1.82) is 0 Å². The predicted molar refractivity (Wildman–Crippen MR) is 96.5 cm³/mol. The van der Waals surface area contributed by atoms with Gasteiger partial charge >= 0.3 is 0 Å². The Morgan fingerprint density at radius 2 is 2.05 bits per heavy atom. The van der Waals surface area contributed by atoms with Crippen molar-refractivity contribution < 1.29 is 0 Å². The summed E-state index contributed by atoms with van der Waals surface area (Å²) in [7, 11) is 0. The maximum Gasteiger partial charge on any atom is 0.156 e. The molecule has 0 aromatic heterocycles. The van der Waals surface area contributed by atoms with Gasteiger partial charge in [-0.25, -0.2) is 0 Å². The molecule has 1 unspecified atom stereocenters. The Morgan fingerprint density at radius 3 is 2.76 bits per heavy atom. The lowest BCUT2D eigenvalue weighted by molar-refractivity contribution is 0.618. The van der Waals surface area contributed by atoms with Gasteiger partial charge in [0, 0.05) is 16.5 Å². The van der Waals surface area contributed by atoms with Crippen LogP contribution in [0.1, 0.15) is 31.2 Å². The molecule has 1 aromatic rings. The Labute approximate surface area is 136 Å². The zero-order chi connectivity index (χ0) is 14.5. The van der Waals surface area contributed by atoms with E-state index in [4.69, 9.17) is 4.99 Å². The Morgan fingerprint density at radius 1 is 1.29 bits per heavy atom. The van der Waals surface area contributed by atoms with Crippen molar-refractivity contribution in [1.82, 2.24) is 5.32 Å². The molecule has 2 aliphatic rings. The molecule has 1 aliphatic heterocycles. The Bertz CT molecular complexity index is 481. The van der Waals surface area contributed by atoms with Crippen molar-refractivity contribution in [3.63, 3.8) is 0 Å². The molecule has 1 aliphatic carbocycles. The highest BCUT2D eigenvalue weighted by molar-refractivity contribution is 8.14. The van der Waals surface area contributed by atoms with Crippen LogP contribution in [0.25, 0.3) is 0 Å². The fourth-order valence-electron chi connectivity index (χ4n) is 3.20. The molecule has 0 amide bonds. The first-order valence-corrected chi connectivity index (χ1v) is 10.0. The number of hydrogen-bond donors (Lipinski definition) is 1. The topological polar surface area (TPSA) is 24.4 Å². The summed E-state index contributed by atoms with van der Waals surface area (Å²) >= 11 is 3.91. The van der Waals surface area contributed by atoms with Gasteiger partial charge in [0.05, 0.1) is 6.54 Å². The van der Waals surface area contributed by atoms with E-state index >= 15 is 0 Å². The number of amidine groups is 1. The van der Waals surface area contributed by atoms with Gasteiger partial charge in [0.15, 0.2) is 5.17 Å². The van der Waals surface area contributed by atoms with E-state index in [0.717, 1.165) is 23.9 Å². The standard InChI is InChI=1S/C17H24N2S2/c1-20-17(9-5-6-10-17)13-18-16-19-15(12-21-16)11-14-7-3-2-4-8-14/h2-4,7-8,15H,5-6,9-13H2,1H3,(H,18,19). The van der Waals surface area contributed by atoms with E-state index in [1.54, 1.807) is 0 Å². The second-order valence-electron chi connectivity index (χ2n) is 6.06. The van der Waals surface area contributed by atoms with E-state index in [9.17, 15) is 0 Å². The first-order chi connectivity index (χ1) is 10.3. The third-order valence-corrected chi connectivity index (χ3v) is 7.03. The number of nitrogens with one attached hydrogen (secondary N) is 1. The van der Waals surface area contributed by atoms with Crippen molar-refractivity contribution >= 4 is 28.7 Å². The second kappa shape index (κ2) is 7.10. The summed E-state index contributed by atoms with van der Waals surface area (Å²) in [6, 6.07) is 11.3. The van der Waals surface area contributed by atoms with Crippen LogP contribution in [0.4, 0.5) is 0 Å². The van der Waals surface area contributed by atoms with E-state index in [1.807, 2.05) is 23.5 Å². The normalized spacial score (nSPS) is 26.1. The van der Waals surface area contributed by atoms with E-state index in [1.165, 1.54) is 31.2 Å². The number of thioether (sulfide) groups is 2. The fraction of sp³-hybridized carbons (Fsp3) is 0.588. The van der Waals surface area contributed by atoms with Crippen LogP contribution in [0, 0.1) is 0 Å². The van der Waals surface area contributed by atoms with Crippen molar-refractivity contribution in [2.24, 2.45) is 4.99 Å². The van der Waals surface area contributed by atoms with Gasteiger partial charge in [-0.1, -0.05) is 54.9 Å². The van der Waals surface area contributed by atoms with Crippen LogP contribution in [0.5, 0.6) is 0 Å². The average molecular weight is 321 g/mol. The van der Waals surface area contributed by atoms with Gasteiger partial charge in [-0.3, -0.25) is 4.99 Å². The van der Waals surface area contributed by atoms with Crippen LogP contribution in [-0.2, 0) is 6.42 Å². The molecule has 114 valence electrons. The van der Waals surface area contributed by atoms with Gasteiger partial charge in [-0.05, 0) is 31.1 Å². The smallest absolute Gasteiger partial charge is 0.156 e. The van der Waals surface area contributed by atoms with Crippen LogP contribution in [0.2, 0.25) is 0 Å². The first kappa shape index (κ1) is 15.3. The summed E-state index contributed by atoms with van der Waals surface area (Å²) in [5, 5.41) is 4.77. The minimum Gasteiger partial charge on any atom is -0.361 e. The average Bonchev–Trinajstić information content (AvgIpc) is 3.16. The second-order valence-corrected chi connectivity index (χ2v) is 8.34. The quantitative estimate of drug-likeness (QED) is 0.888. The highest BCUT2D eigenvalue weighted by Crippen LogP contribution is 2.40. The minimum absolute atomic E-state index is 0.423. The summed E-state index contributed by atoms with van der Waals surface area (Å²) in [6.45, 7) is 0.988. The van der Waals surface area contributed by atoms with Crippen LogP contribution in [0.3, 0.4) is 0 Å². The lowest BCUT2D eigenvalue weighted by atomic mass is 10.1. The monoisotopic (exact) mass is 320 g/mol. The van der Waals surface area contributed by atoms with Gasteiger partial charge in [0.25, 0.3) is 0 Å². The predicted octanol–water partition coefficient (Wildman–Crippen LogP) is 3.97. The lowest BCUT2D eigenvalue weighted by Crippen LogP contribution is -2.30. The molecule has 2 nitrogen and oxygen atoms in total. The molecule has 0 bridgehead atoms. The van der Waals surface area contributed by atoms with Crippen molar-refractivity contribution in [2.45, 2.75) is 42.9 Å². The minimum atomic E-state index is 0.423. The van der Waals surface area contributed by atoms with Gasteiger partial charge in [-0.15, -0.1) is 0 Å². The summed E-state index contributed by atoms with van der Waals surface area (Å²) in [5.41, 5.74) is 1.41. The molecular weight excluding hydrogens is 296 g/mol. The third-order valence-electron chi connectivity index (χ3n) is 4.53. The molecule has 4 heteroatoms. The molecule has 1 atom stereocenters. The Hall–Kier alpha value is -0.610. The largest absolute Gasteiger partial charge is 0.361 e. The highest BCUT2D eigenvalue weighted by Gasteiger charge is 2.33. The fourth-order valence-corrected chi connectivity index (χ4v) is 5.06. The highest BCUT2D eigenvalue weighted by atomic mass is 32.2. The maximum absolute atomic E-state index is 4.89.